The maximum absolute atomic E-state index is 7.00. The molecule has 0 saturated carbocycles. The Labute approximate surface area is 156 Å². The van der Waals surface area contributed by atoms with Crippen LogP contribution in [0, 0.1) is 0 Å². The molecule has 0 atom stereocenters. The van der Waals surface area contributed by atoms with Crippen LogP contribution in [0.3, 0.4) is 0 Å². The predicted octanol–water partition coefficient (Wildman–Crippen LogP) is 4.53. The molecule has 0 fully saturated rings. The van der Waals surface area contributed by atoms with Crippen LogP contribution in [0.1, 0.15) is 25.0 Å². The molecule has 0 aromatic heterocycles. The van der Waals surface area contributed by atoms with E-state index in [1.54, 1.807) is 28.4 Å². The quantitative estimate of drug-likeness (QED) is 0.765. The molecule has 0 aliphatic carbocycles. The molecule has 5 nitrogen and oxygen atoms in total. The Bertz CT molecular complexity index is 643. The fourth-order valence-corrected chi connectivity index (χ4v) is 2.07. The zero-order valence-electron chi connectivity index (χ0n) is 16.7. The number of benzene rings is 2. The first-order chi connectivity index (χ1) is 12.7. The highest BCUT2D eigenvalue weighted by molar-refractivity contribution is 5.74. The molecular formula is C21H30O5. The number of aliphatic hydroxyl groups is 1. The summed E-state index contributed by atoms with van der Waals surface area (Å²) in [6, 6.07) is 11.4. The Morgan fingerprint density at radius 2 is 1.19 bits per heavy atom. The number of hydrogen-bond donors (Lipinski definition) is 1. The van der Waals surface area contributed by atoms with E-state index in [4.69, 9.17) is 24.1 Å². The van der Waals surface area contributed by atoms with Crippen LogP contribution in [0.2, 0.25) is 0 Å². The van der Waals surface area contributed by atoms with Crippen LogP contribution < -0.4 is 18.9 Å². The summed E-state index contributed by atoms with van der Waals surface area (Å²) in [6.45, 7) is 4.00. The lowest BCUT2D eigenvalue weighted by atomic mass is 10.1. The molecular weight excluding hydrogens is 332 g/mol. The molecule has 0 radical (unpaired) electrons. The van der Waals surface area contributed by atoms with Crippen molar-refractivity contribution in [3.8, 4) is 23.0 Å². The lowest BCUT2D eigenvalue weighted by Gasteiger charge is -2.08. The fraction of sp³-hybridized carbons (Fsp3) is 0.333. The third kappa shape index (κ3) is 7.07. The monoisotopic (exact) mass is 362 g/mol. The smallest absolute Gasteiger partial charge is 0.129 e. The molecule has 1 N–H and O–H groups in total. The average molecular weight is 362 g/mol. The maximum Gasteiger partial charge on any atom is 0.129 e. The molecule has 0 aliphatic rings. The first-order valence-corrected chi connectivity index (χ1v) is 8.28. The van der Waals surface area contributed by atoms with Crippen molar-refractivity contribution in [3.05, 3.63) is 47.5 Å². The number of rotatable bonds is 6. The van der Waals surface area contributed by atoms with E-state index in [1.807, 2.05) is 62.4 Å². The van der Waals surface area contributed by atoms with Gasteiger partial charge < -0.3 is 24.1 Å². The zero-order chi connectivity index (χ0) is 19.9. The second-order valence-corrected chi connectivity index (χ2v) is 4.59. The number of aliphatic hydroxyl groups excluding tert-OH is 1. The minimum absolute atomic E-state index is 0.751. The van der Waals surface area contributed by atoms with E-state index in [2.05, 4.69) is 0 Å². The zero-order valence-corrected chi connectivity index (χ0v) is 16.7. The summed E-state index contributed by atoms with van der Waals surface area (Å²) < 4.78 is 21.1. The molecule has 2 rings (SSSR count). The van der Waals surface area contributed by atoms with Crippen LogP contribution in [-0.4, -0.2) is 40.7 Å². The van der Waals surface area contributed by atoms with Crippen molar-refractivity contribution in [1.82, 2.24) is 0 Å². The minimum atomic E-state index is 0.751. The third-order valence-corrected chi connectivity index (χ3v) is 3.27. The standard InChI is InChI=1S/C18H20O4.C2H6.CH4O/c1-19-15-8-7-14(18(12-15)22-4)6-5-13-9-16(20-2)11-17(10-13)21-3;2*1-2/h5-12H,1-4H3;1-2H3;2H,1H3/b6-5+;;. The summed E-state index contributed by atoms with van der Waals surface area (Å²) in [6.07, 6.45) is 3.96. The van der Waals surface area contributed by atoms with Crippen molar-refractivity contribution in [2.75, 3.05) is 35.5 Å². The van der Waals surface area contributed by atoms with Gasteiger partial charge in [0, 0.05) is 24.8 Å². The van der Waals surface area contributed by atoms with E-state index in [-0.39, 0.29) is 0 Å². The average Bonchev–Trinajstić information content (AvgIpc) is 2.74. The predicted molar refractivity (Wildman–Crippen MR) is 108 cm³/mol. The Morgan fingerprint density at radius 3 is 1.65 bits per heavy atom. The number of ether oxygens (including phenoxy) is 4. The van der Waals surface area contributed by atoms with Crippen LogP contribution in [0.25, 0.3) is 12.2 Å². The van der Waals surface area contributed by atoms with Crippen molar-refractivity contribution >= 4 is 12.2 Å². The van der Waals surface area contributed by atoms with E-state index >= 15 is 0 Å². The van der Waals surface area contributed by atoms with Crippen LogP contribution in [0.5, 0.6) is 23.0 Å². The van der Waals surface area contributed by atoms with Crippen LogP contribution in [0.4, 0.5) is 0 Å². The molecule has 2 aromatic carbocycles. The number of methoxy groups -OCH3 is 4. The normalized spacial score (nSPS) is 9.38. The summed E-state index contributed by atoms with van der Waals surface area (Å²) in [5, 5.41) is 7.00. The molecule has 0 bridgehead atoms. The Kier molecular flexibility index (Phi) is 12.2. The topological polar surface area (TPSA) is 57.2 Å². The highest BCUT2D eigenvalue weighted by atomic mass is 16.5. The molecule has 0 aliphatic heterocycles. The highest BCUT2D eigenvalue weighted by Gasteiger charge is 2.03. The van der Waals surface area contributed by atoms with Crippen molar-refractivity contribution in [1.29, 1.82) is 0 Å². The van der Waals surface area contributed by atoms with Gasteiger partial charge in [0.15, 0.2) is 0 Å². The second kappa shape index (κ2) is 13.6. The van der Waals surface area contributed by atoms with Crippen LogP contribution in [-0.2, 0) is 0 Å². The van der Waals surface area contributed by atoms with Crippen molar-refractivity contribution in [3.63, 3.8) is 0 Å². The van der Waals surface area contributed by atoms with Gasteiger partial charge in [-0.3, -0.25) is 0 Å². The van der Waals surface area contributed by atoms with Crippen molar-refractivity contribution in [2.45, 2.75) is 13.8 Å². The van der Waals surface area contributed by atoms with Gasteiger partial charge in [-0.2, -0.15) is 0 Å². The van der Waals surface area contributed by atoms with Gasteiger partial charge in [-0.05, 0) is 29.8 Å². The van der Waals surface area contributed by atoms with Gasteiger partial charge in [-0.25, -0.2) is 0 Å². The van der Waals surface area contributed by atoms with Gasteiger partial charge in [-0.15, -0.1) is 0 Å². The van der Waals surface area contributed by atoms with Gasteiger partial charge >= 0.3 is 0 Å². The molecule has 144 valence electrons. The Hall–Kier alpha value is -2.66. The molecule has 0 saturated heterocycles. The molecule has 26 heavy (non-hydrogen) atoms. The molecule has 0 heterocycles. The van der Waals surface area contributed by atoms with Crippen molar-refractivity contribution in [2.24, 2.45) is 0 Å². The summed E-state index contributed by atoms with van der Waals surface area (Å²) in [7, 11) is 7.54. The highest BCUT2D eigenvalue weighted by Crippen LogP contribution is 2.28. The Balaban J connectivity index is 0.00000146. The van der Waals surface area contributed by atoms with Crippen LogP contribution in [0.15, 0.2) is 36.4 Å². The summed E-state index contributed by atoms with van der Waals surface area (Å²) >= 11 is 0. The summed E-state index contributed by atoms with van der Waals surface area (Å²) in [5.74, 6) is 3.02. The van der Waals surface area contributed by atoms with Gasteiger partial charge in [0.2, 0.25) is 0 Å². The molecule has 5 heteroatoms. The summed E-state index contributed by atoms with van der Waals surface area (Å²) in [4.78, 5) is 0. The fourth-order valence-electron chi connectivity index (χ4n) is 2.07. The van der Waals surface area contributed by atoms with Gasteiger partial charge in [0.05, 0.1) is 28.4 Å². The Morgan fingerprint density at radius 1 is 0.654 bits per heavy atom. The minimum Gasteiger partial charge on any atom is -0.497 e. The van der Waals surface area contributed by atoms with E-state index in [1.165, 1.54) is 0 Å². The lowest BCUT2D eigenvalue weighted by molar-refractivity contribution is 0.394. The first-order valence-electron chi connectivity index (χ1n) is 8.28. The molecule has 0 amide bonds. The largest absolute Gasteiger partial charge is 0.497 e. The van der Waals surface area contributed by atoms with Crippen molar-refractivity contribution < 1.29 is 24.1 Å². The number of hydrogen-bond acceptors (Lipinski definition) is 5. The summed E-state index contributed by atoms with van der Waals surface area (Å²) in [5.41, 5.74) is 1.94. The van der Waals surface area contributed by atoms with Gasteiger partial charge in [0.1, 0.15) is 23.0 Å². The SMILES string of the molecule is CC.CO.COc1cc(/C=C/c2ccc(OC)cc2OC)cc(OC)c1. The van der Waals surface area contributed by atoms with E-state index in [0.29, 0.717) is 0 Å². The van der Waals surface area contributed by atoms with Gasteiger partial charge in [0.25, 0.3) is 0 Å². The molecule has 2 aromatic rings. The maximum atomic E-state index is 7.00. The second-order valence-electron chi connectivity index (χ2n) is 4.59. The molecule has 0 spiro atoms. The molecule has 0 unspecified atom stereocenters. The first kappa shape index (κ1) is 23.3. The lowest BCUT2D eigenvalue weighted by Crippen LogP contribution is -1.90. The van der Waals surface area contributed by atoms with E-state index in [9.17, 15) is 0 Å². The third-order valence-electron chi connectivity index (χ3n) is 3.27. The van der Waals surface area contributed by atoms with E-state index < -0.39 is 0 Å². The van der Waals surface area contributed by atoms with Gasteiger partial charge in [-0.1, -0.05) is 26.0 Å². The van der Waals surface area contributed by atoms with Crippen LogP contribution >= 0.6 is 0 Å². The van der Waals surface area contributed by atoms with E-state index in [0.717, 1.165) is 41.2 Å².